The van der Waals surface area contributed by atoms with Crippen molar-refractivity contribution >= 4 is 28.6 Å². The van der Waals surface area contributed by atoms with Crippen molar-refractivity contribution in [2.75, 3.05) is 24.7 Å². The molecule has 0 aliphatic heterocycles. The average molecular weight is 303 g/mol. The first-order valence-electron chi connectivity index (χ1n) is 7.24. The highest BCUT2D eigenvalue weighted by molar-refractivity contribution is 5.93. The van der Waals surface area contributed by atoms with Crippen molar-refractivity contribution in [3.63, 3.8) is 0 Å². The van der Waals surface area contributed by atoms with Crippen molar-refractivity contribution < 1.29 is 9.53 Å². The van der Waals surface area contributed by atoms with Crippen LogP contribution in [0.25, 0.3) is 10.9 Å². The van der Waals surface area contributed by atoms with Crippen LogP contribution >= 0.6 is 0 Å². The highest BCUT2D eigenvalue weighted by Crippen LogP contribution is 2.27. The van der Waals surface area contributed by atoms with Gasteiger partial charge in [-0.3, -0.25) is 4.79 Å². The van der Waals surface area contributed by atoms with Crippen LogP contribution in [0, 0.1) is 0 Å². The Labute approximate surface area is 129 Å². The van der Waals surface area contributed by atoms with Gasteiger partial charge in [-0.1, -0.05) is 12.5 Å². The summed E-state index contributed by atoms with van der Waals surface area (Å²) in [5.41, 5.74) is 11.8. The summed E-state index contributed by atoms with van der Waals surface area (Å²) in [7, 11) is 1.60. The van der Waals surface area contributed by atoms with E-state index in [0.717, 1.165) is 24.6 Å². The molecule has 0 bridgehead atoms. The Kier molecular flexibility index (Phi) is 5.35. The van der Waals surface area contributed by atoms with Gasteiger partial charge in [-0.25, -0.2) is 4.98 Å². The number of nitrogens with one attached hydrogen (secondary N) is 1. The standard InChI is InChI=1S/C15H21N5O2/c1-22-11-7-5-6-10-13(11)19-15(20-14(10)17)18-9-4-2-3-8-12(16)21/h5-7H,2-4,8-9H2,1H3,(H2,16,21)(H3,17,18,19,20). The van der Waals surface area contributed by atoms with E-state index in [1.54, 1.807) is 7.11 Å². The van der Waals surface area contributed by atoms with Gasteiger partial charge in [-0.05, 0) is 25.0 Å². The summed E-state index contributed by atoms with van der Waals surface area (Å²) < 4.78 is 5.30. The summed E-state index contributed by atoms with van der Waals surface area (Å²) in [4.78, 5) is 19.3. The van der Waals surface area contributed by atoms with Crippen molar-refractivity contribution in [1.29, 1.82) is 0 Å². The maximum Gasteiger partial charge on any atom is 0.225 e. The molecule has 0 unspecified atom stereocenters. The maximum atomic E-state index is 10.6. The molecule has 1 amide bonds. The number of ether oxygens (including phenoxy) is 1. The van der Waals surface area contributed by atoms with Crippen LogP contribution in [0.2, 0.25) is 0 Å². The molecule has 0 radical (unpaired) electrons. The Balaban J connectivity index is 1.98. The first kappa shape index (κ1) is 15.8. The van der Waals surface area contributed by atoms with E-state index in [-0.39, 0.29) is 5.91 Å². The van der Waals surface area contributed by atoms with Crippen LogP contribution in [0.3, 0.4) is 0 Å². The molecule has 1 aromatic heterocycles. The number of nitrogens with zero attached hydrogens (tertiary/aromatic N) is 2. The van der Waals surface area contributed by atoms with Gasteiger partial charge in [0.15, 0.2) is 0 Å². The molecule has 0 aliphatic carbocycles. The molecule has 2 rings (SSSR count). The molecule has 0 spiro atoms. The molecule has 7 nitrogen and oxygen atoms in total. The van der Waals surface area contributed by atoms with E-state index in [4.69, 9.17) is 16.2 Å². The van der Waals surface area contributed by atoms with Crippen LogP contribution in [-0.4, -0.2) is 29.5 Å². The Morgan fingerprint density at radius 1 is 1.27 bits per heavy atom. The molecule has 5 N–H and O–H groups in total. The lowest BCUT2D eigenvalue weighted by molar-refractivity contribution is -0.118. The smallest absolute Gasteiger partial charge is 0.225 e. The third kappa shape index (κ3) is 3.97. The second-order valence-electron chi connectivity index (χ2n) is 4.99. The zero-order chi connectivity index (χ0) is 15.9. The number of para-hydroxylation sites is 1. The molecule has 7 heteroatoms. The largest absolute Gasteiger partial charge is 0.494 e. The number of nitrogen functional groups attached to an aromatic ring is 1. The van der Waals surface area contributed by atoms with E-state index in [0.29, 0.717) is 36.0 Å². The maximum absolute atomic E-state index is 10.6. The minimum absolute atomic E-state index is 0.259. The summed E-state index contributed by atoms with van der Waals surface area (Å²) in [6, 6.07) is 5.55. The number of benzene rings is 1. The number of aromatic nitrogens is 2. The Hall–Kier alpha value is -2.57. The number of carbonyl (C=O) groups excluding carboxylic acids is 1. The van der Waals surface area contributed by atoms with Gasteiger partial charge in [0.05, 0.1) is 7.11 Å². The number of hydrogen-bond acceptors (Lipinski definition) is 6. The fraction of sp³-hybridized carbons (Fsp3) is 0.400. The third-order valence-corrected chi connectivity index (χ3v) is 3.32. The lowest BCUT2D eigenvalue weighted by Crippen LogP contribution is -2.10. The first-order chi connectivity index (χ1) is 10.6. The predicted molar refractivity (Wildman–Crippen MR) is 86.7 cm³/mol. The quantitative estimate of drug-likeness (QED) is 0.639. The molecule has 0 atom stereocenters. The molecule has 0 aliphatic rings. The molecular weight excluding hydrogens is 282 g/mol. The zero-order valence-corrected chi connectivity index (χ0v) is 12.6. The highest BCUT2D eigenvalue weighted by atomic mass is 16.5. The first-order valence-corrected chi connectivity index (χ1v) is 7.24. The van der Waals surface area contributed by atoms with Crippen LogP contribution in [0.15, 0.2) is 18.2 Å². The summed E-state index contributed by atoms with van der Waals surface area (Å²) in [6.45, 7) is 0.707. The van der Waals surface area contributed by atoms with Gasteiger partial charge in [0.1, 0.15) is 17.1 Å². The molecule has 2 aromatic rings. The predicted octanol–water partition coefficient (Wildman–Crippen LogP) is 1.68. The van der Waals surface area contributed by atoms with Crippen molar-refractivity contribution in [2.24, 2.45) is 5.73 Å². The number of amides is 1. The third-order valence-electron chi connectivity index (χ3n) is 3.32. The molecule has 1 heterocycles. The molecule has 1 aromatic carbocycles. The number of anilines is 2. The average Bonchev–Trinajstić information content (AvgIpc) is 2.50. The highest BCUT2D eigenvalue weighted by Gasteiger charge is 2.09. The second-order valence-corrected chi connectivity index (χ2v) is 4.99. The fourth-order valence-corrected chi connectivity index (χ4v) is 2.19. The van der Waals surface area contributed by atoms with Crippen LogP contribution in [0.4, 0.5) is 11.8 Å². The summed E-state index contributed by atoms with van der Waals surface area (Å²) in [5, 5.41) is 3.91. The van der Waals surface area contributed by atoms with Crippen LogP contribution in [0.1, 0.15) is 25.7 Å². The SMILES string of the molecule is COc1cccc2c(N)nc(NCCCCCC(N)=O)nc12. The number of fused-ring (bicyclic) bond motifs is 1. The lowest BCUT2D eigenvalue weighted by atomic mass is 10.2. The molecule has 0 fully saturated rings. The number of primary amides is 1. The number of unbranched alkanes of at least 4 members (excludes halogenated alkanes) is 2. The Morgan fingerprint density at radius 2 is 2.09 bits per heavy atom. The van der Waals surface area contributed by atoms with E-state index in [9.17, 15) is 4.79 Å². The monoisotopic (exact) mass is 303 g/mol. The van der Waals surface area contributed by atoms with Crippen molar-refractivity contribution in [2.45, 2.75) is 25.7 Å². The topological polar surface area (TPSA) is 116 Å². The van der Waals surface area contributed by atoms with Crippen molar-refractivity contribution in [3.8, 4) is 5.75 Å². The zero-order valence-electron chi connectivity index (χ0n) is 12.6. The number of methoxy groups -OCH3 is 1. The summed E-state index contributed by atoms with van der Waals surface area (Å²) >= 11 is 0. The van der Waals surface area contributed by atoms with E-state index < -0.39 is 0 Å². The number of carbonyl (C=O) groups is 1. The van der Waals surface area contributed by atoms with Crippen LogP contribution in [-0.2, 0) is 4.79 Å². The van der Waals surface area contributed by atoms with Gasteiger partial charge in [-0.2, -0.15) is 4.98 Å². The number of rotatable bonds is 8. The van der Waals surface area contributed by atoms with Gasteiger partial charge in [-0.15, -0.1) is 0 Å². The van der Waals surface area contributed by atoms with Crippen LogP contribution < -0.4 is 21.5 Å². The van der Waals surface area contributed by atoms with E-state index in [1.807, 2.05) is 18.2 Å². The summed E-state index contributed by atoms with van der Waals surface area (Å²) in [5.74, 6) is 1.30. The lowest BCUT2D eigenvalue weighted by Gasteiger charge is -2.10. The molecule has 22 heavy (non-hydrogen) atoms. The van der Waals surface area contributed by atoms with Gasteiger partial charge in [0, 0.05) is 18.4 Å². The van der Waals surface area contributed by atoms with Crippen molar-refractivity contribution in [1.82, 2.24) is 9.97 Å². The number of nitrogens with two attached hydrogens (primary N) is 2. The van der Waals surface area contributed by atoms with Crippen LogP contribution in [0.5, 0.6) is 5.75 Å². The van der Waals surface area contributed by atoms with E-state index in [1.165, 1.54) is 0 Å². The number of hydrogen-bond donors (Lipinski definition) is 3. The molecule has 118 valence electrons. The summed E-state index contributed by atoms with van der Waals surface area (Å²) in [6.07, 6.45) is 3.05. The Bertz CT molecular complexity index is 660. The van der Waals surface area contributed by atoms with Gasteiger partial charge >= 0.3 is 0 Å². The minimum Gasteiger partial charge on any atom is -0.494 e. The minimum atomic E-state index is -0.259. The van der Waals surface area contributed by atoms with Gasteiger partial charge in [0.2, 0.25) is 11.9 Å². The fourth-order valence-electron chi connectivity index (χ4n) is 2.19. The van der Waals surface area contributed by atoms with E-state index >= 15 is 0 Å². The Morgan fingerprint density at radius 3 is 2.82 bits per heavy atom. The van der Waals surface area contributed by atoms with Crippen molar-refractivity contribution in [3.05, 3.63) is 18.2 Å². The molecule has 0 saturated carbocycles. The van der Waals surface area contributed by atoms with Gasteiger partial charge in [0.25, 0.3) is 0 Å². The van der Waals surface area contributed by atoms with E-state index in [2.05, 4.69) is 15.3 Å². The molecule has 0 saturated heterocycles. The normalized spacial score (nSPS) is 10.6. The molecular formula is C15H21N5O2. The second kappa shape index (κ2) is 7.44. The van der Waals surface area contributed by atoms with Gasteiger partial charge < -0.3 is 21.5 Å².